The van der Waals surface area contributed by atoms with E-state index in [-0.39, 0.29) is 22.5 Å². The molecule has 0 spiro atoms. The lowest BCUT2D eigenvalue weighted by atomic mass is 10.1. The molecule has 0 bridgehead atoms. The SMILES string of the molecule is C=CCc1cc(C=C2SC(=O)N(CC(=O)OC(C)C)C2=O)cc(OC)c1O. The zero-order valence-electron chi connectivity index (χ0n) is 15.4. The maximum atomic E-state index is 12.5. The summed E-state index contributed by atoms with van der Waals surface area (Å²) in [6.45, 7) is 6.59. The van der Waals surface area contributed by atoms with E-state index in [0.29, 0.717) is 17.5 Å². The quantitative estimate of drug-likeness (QED) is 0.434. The Morgan fingerprint density at radius 2 is 2.07 bits per heavy atom. The van der Waals surface area contributed by atoms with Crippen LogP contribution in [-0.4, -0.2) is 46.9 Å². The maximum absolute atomic E-state index is 12.5. The number of amides is 2. The number of imide groups is 1. The standard InChI is InChI=1S/C19H21NO6S/c1-5-6-13-7-12(8-14(25-4)17(13)22)9-15-18(23)20(19(24)27-15)10-16(21)26-11(2)3/h5,7-9,11,22H,1,6,10H2,2-4H3. The van der Waals surface area contributed by atoms with Gasteiger partial charge in [0.1, 0.15) is 6.54 Å². The van der Waals surface area contributed by atoms with Gasteiger partial charge in [-0.2, -0.15) is 0 Å². The number of phenols is 1. The summed E-state index contributed by atoms with van der Waals surface area (Å²) in [6, 6.07) is 3.24. The van der Waals surface area contributed by atoms with Gasteiger partial charge in [0.25, 0.3) is 11.1 Å². The Bertz CT molecular complexity index is 815. The number of carbonyl (C=O) groups excluding carboxylic acids is 3. The number of hydrogen-bond donors (Lipinski definition) is 1. The van der Waals surface area contributed by atoms with Crippen LogP contribution in [0.1, 0.15) is 25.0 Å². The second-order valence-corrected chi connectivity index (χ2v) is 7.02. The highest BCUT2D eigenvalue weighted by Gasteiger charge is 2.36. The Hall–Kier alpha value is -2.74. The van der Waals surface area contributed by atoms with E-state index in [1.165, 1.54) is 13.2 Å². The second-order valence-electron chi connectivity index (χ2n) is 6.03. The van der Waals surface area contributed by atoms with Crippen molar-refractivity contribution in [2.45, 2.75) is 26.4 Å². The number of nitrogens with zero attached hydrogens (tertiary/aromatic N) is 1. The summed E-state index contributed by atoms with van der Waals surface area (Å²) in [7, 11) is 1.42. The molecule has 0 aliphatic carbocycles. The van der Waals surface area contributed by atoms with E-state index in [9.17, 15) is 19.5 Å². The minimum atomic E-state index is -0.645. The Morgan fingerprint density at radius 1 is 1.37 bits per heavy atom. The molecule has 7 nitrogen and oxygen atoms in total. The van der Waals surface area contributed by atoms with E-state index in [0.717, 1.165) is 16.7 Å². The zero-order valence-corrected chi connectivity index (χ0v) is 16.2. The summed E-state index contributed by atoms with van der Waals surface area (Å²) in [4.78, 5) is 37.4. The summed E-state index contributed by atoms with van der Waals surface area (Å²) in [5.74, 6) is -0.962. The predicted molar refractivity (Wildman–Crippen MR) is 102 cm³/mol. The largest absolute Gasteiger partial charge is 0.504 e. The van der Waals surface area contributed by atoms with E-state index < -0.39 is 23.7 Å². The van der Waals surface area contributed by atoms with Crippen LogP contribution in [-0.2, 0) is 20.7 Å². The van der Waals surface area contributed by atoms with Crippen LogP contribution < -0.4 is 4.74 Å². The minimum absolute atomic E-state index is 0.000847. The molecule has 8 heteroatoms. The number of ether oxygens (including phenoxy) is 2. The molecule has 2 amide bonds. The van der Waals surface area contributed by atoms with Gasteiger partial charge in [0.2, 0.25) is 0 Å². The molecule has 0 unspecified atom stereocenters. The number of carbonyl (C=O) groups is 3. The second kappa shape index (κ2) is 8.77. The Morgan fingerprint density at radius 3 is 2.67 bits per heavy atom. The molecule has 0 aromatic heterocycles. The van der Waals surface area contributed by atoms with Crippen molar-refractivity contribution in [3.8, 4) is 11.5 Å². The predicted octanol–water partition coefficient (Wildman–Crippen LogP) is 3.12. The van der Waals surface area contributed by atoms with Crippen LogP contribution in [0.2, 0.25) is 0 Å². The molecule has 0 atom stereocenters. The highest BCUT2D eigenvalue weighted by molar-refractivity contribution is 8.18. The third-order valence-corrected chi connectivity index (χ3v) is 4.49. The highest BCUT2D eigenvalue weighted by Crippen LogP contribution is 2.36. The van der Waals surface area contributed by atoms with Gasteiger partial charge in [-0.1, -0.05) is 6.08 Å². The van der Waals surface area contributed by atoms with Gasteiger partial charge < -0.3 is 14.6 Å². The Balaban J connectivity index is 2.28. The van der Waals surface area contributed by atoms with Crippen LogP contribution in [0.15, 0.2) is 29.7 Å². The molecule has 0 saturated carbocycles. The average Bonchev–Trinajstić information content (AvgIpc) is 2.84. The minimum Gasteiger partial charge on any atom is -0.504 e. The molecule has 144 valence electrons. The van der Waals surface area contributed by atoms with Gasteiger partial charge in [-0.05, 0) is 55.8 Å². The number of phenolic OH excluding ortho intramolecular Hbond substituents is 1. The molecule has 1 aliphatic rings. The lowest BCUT2D eigenvalue weighted by Crippen LogP contribution is -2.35. The highest BCUT2D eigenvalue weighted by atomic mass is 32.2. The molecule has 1 fully saturated rings. The topological polar surface area (TPSA) is 93.1 Å². The lowest BCUT2D eigenvalue weighted by molar-refractivity contribution is -0.149. The van der Waals surface area contributed by atoms with Crippen LogP contribution in [0.5, 0.6) is 11.5 Å². The first-order valence-corrected chi connectivity index (χ1v) is 9.04. The zero-order chi connectivity index (χ0) is 20.1. The average molecular weight is 391 g/mol. The van der Waals surface area contributed by atoms with Crippen molar-refractivity contribution in [2.75, 3.05) is 13.7 Å². The maximum Gasteiger partial charge on any atom is 0.326 e. The molecule has 27 heavy (non-hydrogen) atoms. The number of esters is 1. The summed E-state index contributed by atoms with van der Waals surface area (Å²) in [5.41, 5.74) is 1.16. The molecule has 1 heterocycles. The van der Waals surface area contributed by atoms with Gasteiger partial charge >= 0.3 is 5.97 Å². The summed E-state index contributed by atoms with van der Waals surface area (Å²) in [5, 5.41) is 9.60. The molecule has 1 aromatic rings. The number of hydrogen-bond acceptors (Lipinski definition) is 7. The first kappa shape index (κ1) is 20.6. The van der Waals surface area contributed by atoms with Crippen molar-refractivity contribution in [2.24, 2.45) is 0 Å². The van der Waals surface area contributed by atoms with Gasteiger partial charge in [-0.3, -0.25) is 19.3 Å². The van der Waals surface area contributed by atoms with E-state index in [4.69, 9.17) is 9.47 Å². The third kappa shape index (κ3) is 4.91. The fourth-order valence-electron chi connectivity index (χ4n) is 2.46. The van der Waals surface area contributed by atoms with Gasteiger partial charge in [0.05, 0.1) is 18.1 Å². The van der Waals surface area contributed by atoms with Crippen LogP contribution >= 0.6 is 11.8 Å². The van der Waals surface area contributed by atoms with E-state index in [1.54, 1.807) is 32.1 Å². The number of allylic oxidation sites excluding steroid dienone is 1. The molecular weight excluding hydrogens is 370 g/mol. The van der Waals surface area contributed by atoms with Crippen molar-refractivity contribution in [1.82, 2.24) is 4.90 Å². The molecule has 1 aromatic carbocycles. The van der Waals surface area contributed by atoms with Crippen LogP contribution in [0.4, 0.5) is 4.79 Å². The molecular formula is C19H21NO6S. The van der Waals surface area contributed by atoms with E-state index in [1.807, 2.05) is 0 Å². The first-order valence-electron chi connectivity index (χ1n) is 8.22. The number of aromatic hydroxyl groups is 1. The van der Waals surface area contributed by atoms with Crippen molar-refractivity contribution in [3.05, 3.63) is 40.8 Å². The molecule has 1 N–H and O–H groups in total. The van der Waals surface area contributed by atoms with Crippen LogP contribution in [0.25, 0.3) is 6.08 Å². The third-order valence-electron chi connectivity index (χ3n) is 3.59. The van der Waals surface area contributed by atoms with Gasteiger partial charge in [-0.15, -0.1) is 6.58 Å². The van der Waals surface area contributed by atoms with Crippen molar-refractivity contribution in [3.63, 3.8) is 0 Å². The van der Waals surface area contributed by atoms with Crippen molar-refractivity contribution in [1.29, 1.82) is 0 Å². The van der Waals surface area contributed by atoms with Crippen LogP contribution in [0.3, 0.4) is 0 Å². The van der Waals surface area contributed by atoms with Gasteiger partial charge in [-0.25, -0.2) is 0 Å². The van der Waals surface area contributed by atoms with Gasteiger partial charge in [0, 0.05) is 5.56 Å². The number of benzene rings is 1. The summed E-state index contributed by atoms with van der Waals surface area (Å²) in [6.07, 6.45) is 3.23. The van der Waals surface area contributed by atoms with E-state index >= 15 is 0 Å². The molecule has 0 radical (unpaired) electrons. The normalized spacial score (nSPS) is 15.6. The van der Waals surface area contributed by atoms with Gasteiger partial charge in [0.15, 0.2) is 11.5 Å². The van der Waals surface area contributed by atoms with Crippen molar-refractivity contribution < 1.29 is 29.0 Å². The molecule has 2 rings (SSSR count). The smallest absolute Gasteiger partial charge is 0.326 e. The molecule has 1 saturated heterocycles. The monoisotopic (exact) mass is 391 g/mol. The van der Waals surface area contributed by atoms with Crippen molar-refractivity contribution >= 4 is 35.0 Å². The number of methoxy groups -OCH3 is 1. The summed E-state index contributed by atoms with van der Waals surface area (Å²) >= 11 is 0.742. The number of rotatable bonds is 7. The van der Waals surface area contributed by atoms with E-state index in [2.05, 4.69) is 6.58 Å². The first-order chi connectivity index (χ1) is 12.8. The summed E-state index contributed by atoms with van der Waals surface area (Å²) < 4.78 is 10.1. The fraction of sp³-hybridized carbons (Fsp3) is 0.316. The Labute approximate surface area is 161 Å². The Kier molecular flexibility index (Phi) is 6.68. The number of thioether (sulfide) groups is 1. The molecule has 1 aliphatic heterocycles. The fourth-order valence-corrected chi connectivity index (χ4v) is 3.29. The lowest BCUT2D eigenvalue weighted by Gasteiger charge is -2.13. The van der Waals surface area contributed by atoms with Crippen LogP contribution in [0, 0.1) is 0 Å².